The molecule has 2 aromatic heterocycles. The molecule has 2 aromatic carbocycles. The number of anilines is 1. The Balaban J connectivity index is 1.75. The number of aromatic nitrogens is 3. The van der Waals surface area contributed by atoms with E-state index in [-0.39, 0.29) is 5.78 Å². The smallest absolute Gasteiger partial charge is 0.206 e. The summed E-state index contributed by atoms with van der Waals surface area (Å²) in [6.07, 6.45) is 1.66. The van der Waals surface area contributed by atoms with Gasteiger partial charge in [0.2, 0.25) is 5.95 Å². The zero-order valence-corrected chi connectivity index (χ0v) is 19.0. The molecule has 0 fully saturated rings. The monoisotopic (exact) mass is 441 g/mol. The first-order valence-corrected chi connectivity index (χ1v) is 10.7. The standard InChI is InChI=1S/C26H27N5O2/c1-17(27)24(18(2)32)21-13-23-25(28-15-21)30-26(31(23)16-20-7-5-4-6-8-20)29-14-19-9-11-22(33-3)12-10-19/h4-13,15H,14,16,27H2,1-3H3,(H,28,29,30). The number of ketones is 1. The van der Waals surface area contributed by atoms with Gasteiger partial charge >= 0.3 is 0 Å². The van der Waals surface area contributed by atoms with Crippen molar-refractivity contribution >= 4 is 28.5 Å². The lowest BCUT2D eigenvalue weighted by atomic mass is 10.0. The summed E-state index contributed by atoms with van der Waals surface area (Å²) in [7, 11) is 1.65. The third-order valence-corrected chi connectivity index (χ3v) is 5.43. The number of methoxy groups -OCH3 is 1. The Morgan fingerprint density at radius 3 is 2.42 bits per heavy atom. The number of hydrogen-bond acceptors (Lipinski definition) is 6. The third-order valence-electron chi connectivity index (χ3n) is 5.43. The van der Waals surface area contributed by atoms with E-state index in [1.165, 1.54) is 6.92 Å². The summed E-state index contributed by atoms with van der Waals surface area (Å²) in [6, 6.07) is 20.0. The van der Waals surface area contributed by atoms with Gasteiger partial charge in [-0.2, -0.15) is 4.98 Å². The van der Waals surface area contributed by atoms with Gasteiger partial charge in [-0.3, -0.25) is 4.79 Å². The van der Waals surface area contributed by atoms with Gasteiger partial charge < -0.3 is 20.4 Å². The first-order chi connectivity index (χ1) is 16.0. The average Bonchev–Trinajstić information content (AvgIpc) is 3.15. The van der Waals surface area contributed by atoms with Crippen LogP contribution in [0.25, 0.3) is 16.7 Å². The second-order valence-electron chi connectivity index (χ2n) is 7.89. The number of rotatable bonds is 8. The van der Waals surface area contributed by atoms with Crippen molar-refractivity contribution in [2.24, 2.45) is 5.73 Å². The summed E-state index contributed by atoms with van der Waals surface area (Å²) >= 11 is 0. The van der Waals surface area contributed by atoms with E-state index < -0.39 is 0 Å². The number of nitrogens with zero attached hydrogens (tertiary/aromatic N) is 3. The lowest BCUT2D eigenvalue weighted by Gasteiger charge is -2.12. The summed E-state index contributed by atoms with van der Waals surface area (Å²) in [5.74, 6) is 1.42. The molecule has 0 aliphatic carbocycles. The Bertz CT molecular complexity index is 1300. The molecule has 0 aliphatic rings. The van der Waals surface area contributed by atoms with E-state index in [0.29, 0.717) is 41.5 Å². The van der Waals surface area contributed by atoms with Crippen molar-refractivity contribution in [3.05, 3.63) is 89.2 Å². The molecule has 4 aromatic rings. The highest BCUT2D eigenvalue weighted by atomic mass is 16.5. The van der Waals surface area contributed by atoms with Crippen molar-refractivity contribution in [1.29, 1.82) is 0 Å². The van der Waals surface area contributed by atoms with Crippen LogP contribution in [0.15, 0.2) is 72.6 Å². The molecule has 168 valence electrons. The van der Waals surface area contributed by atoms with Crippen molar-refractivity contribution in [1.82, 2.24) is 14.5 Å². The molecule has 0 aliphatic heterocycles. The summed E-state index contributed by atoms with van der Waals surface area (Å²) in [4.78, 5) is 21.5. The van der Waals surface area contributed by atoms with Crippen LogP contribution in [-0.4, -0.2) is 27.4 Å². The molecular weight excluding hydrogens is 414 g/mol. The van der Waals surface area contributed by atoms with Crippen molar-refractivity contribution in [2.75, 3.05) is 12.4 Å². The molecular formula is C26H27N5O2. The van der Waals surface area contributed by atoms with Crippen LogP contribution in [0, 0.1) is 0 Å². The van der Waals surface area contributed by atoms with Gasteiger partial charge in [0.15, 0.2) is 11.4 Å². The summed E-state index contributed by atoms with van der Waals surface area (Å²) < 4.78 is 7.32. The zero-order chi connectivity index (χ0) is 23.4. The lowest BCUT2D eigenvalue weighted by Crippen LogP contribution is -2.09. The maximum absolute atomic E-state index is 12.2. The topological polar surface area (TPSA) is 95.1 Å². The van der Waals surface area contributed by atoms with Crippen LogP contribution in [0.1, 0.15) is 30.5 Å². The van der Waals surface area contributed by atoms with E-state index in [0.717, 1.165) is 22.4 Å². The van der Waals surface area contributed by atoms with E-state index >= 15 is 0 Å². The third kappa shape index (κ3) is 4.87. The number of fused-ring (bicyclic) bond motifs is 1. The maximum Gasteiger partial charge on any atom is 0.206 e. The van der Waals surface area contributed by atoms with Gasteiger partial charge in [-0.05, 0) is 43.2 Å². The predicted octanol–water partition coefficient (Wildman–Crippen LogP) is 4.38. The molecule has 2 heterocycles. The molecule has 4 rings (SSSR count). The molecule has 7 nitrogen and oxygen atoms in total. The largest absolute Gasteiger partial charge is 0.497 e. The maximum atomic E-state index is 12.2. The second kappa shape index (κ2) is 9.56. The molecule has 3 N–H and O–H groups in total. The van der Waals surface area contributed by atoms with Crippen LogP contribution >= 0.6 is 0 Å². The quantitative estimate of drug-likeness (QED) is 0.394. The predicted molar refractivity (Wildman–Crippen MR) is 131 cm³/mol. The number of imidazole rings is 1. The summed E-state index contributed by atoms with van der Waals surface area (Å²) in [5.41, 5.74) is 11.3. The number of carbonyl (C=O) groups is 1. The molecule has 0 radical (unpaired) electrons. The number of carbonyl (C=O) groups excluding carboxylic acids is 1. The Labute approximate surface area is 192 Å². The molecule has 0 amide bonds. The summed E-state index contributed by atoms with van der Waals surface area (Å²) in [6.45, 7) is 4.44. The fourth-order valence-electron chi connectivity index (χ4n) is 3.84. The highest BCUT2D eigenvalue weighted by Gasteiger charge is 2.17. The van der Waals surface area contributed by atoms with Crippen molar-refractivity contribution in [3.63, 3.8) is 0 Å². The Kier molecular flexibility index (Phi) is 6.40. The number of nitrogens with one attached hydrogen (secondary N) is 1. The van der Waals surface area contributed by atoms with E-state index in [1.54, 1.807) is 20.2 Å². The number of allylic oxidation sites excluding steroid dienone is 2. The molecule has 0 saturated carbocycles. The normalized spacial score (nSPS) is 11.8. The lowest BCUT2D eigenvalue weighted by molar-refractivity contribution is -0.111. The number of hydrogen-bond donors (Lipinski definition) is 2. The Hall–Kier alpha value is -4.13. The van der Waals surface area contributed by atoms with Gasteiger partial charge in [0.1, 0.15) is 5.75 Å². The van der Waals surface area contributed by atoms with Crippen LogP contribution in [0.3, 0.4) is 0 Å². The van der Waals surface area contributed by atoms with Crippen LogP contribution < -0.4 is 15.8 Å². The first kappa shape index (κ1) is 22.1. The average molecular weight is 442 g/mol. The molecule has 0 bridgehead atoms. The highest BCUT2D eigenvalue weighted by Crippen LogP contribution is 2.25. The van der Waals surface area contributed by atoms with Crippen LogP contribution in [0.4, 0.5) is 5.95 Å². The Morgan fingerprint density at radius 2 is 1.79 bits per heavy atom. The Morgan fingerprint density at radius 1 is 1.06 bits per heavy atom. The van der Waals surface area contributed by atoms with Crippen molar-refractivity contribution < 1.29 is 9.53 Å². The fourth-order valence-corrected chi connectivity index (χ4v) is 3.84. The molecule has 0 unspecified atom stereocenters. The molecule has 0 atom stereocenters. The van der Waals surface area contributed by atoms with Crippen LogP contribution in [-0.2, 0) is 17.9 Å². The van der Waals surface area contributed by atoms with Crippen molar-refractivity contribution in [2.45, 2.75) is 26.9 Å². The molecule has 33 heavy (non-hydrogen) atoms. The second-order valence-corrected chi connectivity index (χ2v) is 7.89. The number of pyridine rings is 1. The van der Waals surface area contributed by atoms with E-state index in [2.05, 4.69) is 27.0 Å². The van der Waals surface area contributed by atoms with E-state index in [4.69, 9.17) is 15.5 Å². The van der Waals surface area contributed by atoms with Gasteiger partial charge in [-0.15, -0.1) is 0 Å². The van der Waals surface area contributed by atoms with Gasteiger partial charge in [-0.1, -0.05) is 42.5 Å². The molecule has 0 saturated heterocycles. The first-order valence-electron chi connectivity index (χ1n) is 10.7. The molecule has 7 heteroatoms. The van der Waals surface area contributed by atoms with Gasteiger partial charge in [0.25, 0.3) is 0 Å². The number of ether oxygens (including phenoxy) is 1. The highest BCUT2D eigenvalue weighted by molar-refractivity contribution is 6.20. The van der Waals surface area contributed by atoms with Gasteiger partial charge in [0, 0.05) is 29.6 Å². The molecule has 0 spiro atoms. The number of Topliss-reactive ketones (excluding diaryl/α,β-unsaturated/α-hetero) is 1. The number of nitrogens with two attached hydrogens (primary N) is 1. The fraction of sp³-hybridized carbons (Fsp3) is 0.192. The zero-order valence-electron chi connectivity index (χ0n) is 19.0. The SMILES string of the molecule is COc1ccc(CNc2nc3ncc(C(C(C)=O)=C(C)N)cc3n2Cc2ccccc2)cc1. The van der Waals surface area contributed by atoms with E-state index in [1.807, 2.05) is 48.5 Å². The van der Waals surface area contributed by atoms with E-state index in [9.17, 15) is 4.79 Å². The minimum atomic E-state index is -0.0943. The minimum Gasteiger partial charge on any atom is -0.497 e. The van der Waals surface area contributed by atoms with Crippen LogP contribution in [0.5, 0.6) is 5.75 Å². The number of benzene rings is 2. The van der Waals surface area contributed by atoms with Crippen LogP contribution in [0.2, 0.25) is 0 Å². The van der Waals surface area contributed by atoms with Crippen molar-refractivity contribution in [3.8, 4) is 5.75 Å². The van der Waals surface area contributed by atoms with Gasteiger partial charge in [0.05, 0.1) is 19.2 Å². The summed E-state index contributed by atoms with van der Waals surface area (Å²) in [5, 5.41) is 3.44. The minimum absolute atomic E-state index is 0.0943. The van der Waals surface area contributed by atoms with Gasteiger partial charge in [-0.25, -0.2) is 4.98 Å².